The number of aliphatic hydroxyl groups is 1. The quantitative estimate of drug-likeness (QED) is 0.505. The van der Waals surface area contributed by atoms with Crippen LogP contribution in [0.5, 0.6) is 0 Å². The predicted octanol–water partition coefficient (Wildman–Crippen LogP) is 2.85. The van der Waals surface area contributed by atoms with Crippen LogP contribution in [-0.2, 0) is 9.53 Å². The summed E-state index contributed by atoms with van der Waals surface area (Å²) in [6, 6.07) is 5.45. The summed E-state index contributed by atoms with van der Waals surface area (Å²) in [6.45, 7) is 1.72. The van der Waals surface area contributed by atoms with Crippen molar-refractivity contribution in [1.82, 2.24) is 0 Å². The molecule has 0 atom stereocenters. The van der Waals surface area contributed by atoms with Crippen molar-refractivity contribution < 1.29 is 19.0 Å². The van der Waals surface area contributed by atoms with Gasteiger partial charge in [-0.2, -0.15) is 0 Å². The zero-order valence-corrected chi connectivity index (χ0v) is 9.29. The molecule has 1 aromatic carbocycles. The van der Waals surface area contributed by atoms with Crippen molar-refractivity contribution in [1.29, 1.82) is 0 Å². The maximum absolute atomic E-state index is 13.2. The topological polar surface area (TPSA) is 46.5 Å². The van der Waals surface area contributed by atoms with E-state index in [1.807, 2.05) is 0 Å². The number of hydrogen-bond acceptors (Lipinski definition) is 3. The van der Waals surface area contributed by atoms with Crippen molar-refractivity contribution in [2.45, 2.75) is 6.92 Å². The van der Waals surface area contributed by atoms with Gasteiger partial charge in [-0.25, -0.2) is 9.18 Å². The first-order chi connectivity index (χ1) is 7.57. The Morgan fingerprint density at radius 2 is 2.12 bits per heavy atom. The van der Waals surface area contributed by atoms with Crippen molar-refractivity contribution in [2.24, 2.45) is 0 Å². The summed E-state index contributed by atoms with van der Waals surface area (Å²) in [5.74, 6) is -2.18. The molecule has 0 radical (unpaired) electrons. The summed E-state index contributed by atoms with van der Waals surface area (Å²) in [4.78, 5) is 11.2. The number of halogens is 2. The molecule has 3 nitrogen and oxygen atoms in total. The Labute approximate surface area is 97.1 Å². The van der Waals surface area contributed by atoms with Gasteiger partial charge < -0.3 is 9.84 Å². The number of benzene rings is 1. The van der Waals surface area contributed by atoms with E-state index in [4.69, 9.17) is 11.6 Å². The monoisotopic (exact) mass is 244 g/mol. The molecule has 0 saturated carbocycles. The fourth-order valence-electron chi connectivity index (χ4n) is 1.06. The first-order valence-electron chi connectivity index (χ1n) is 4.58. The smallest absolute Gasteiger partial charge is 0.353 e. The lowest BCUT2D eigenvalue weighted by Crippen LogP contribution is -2.06. The normalized spacial score (nSPS) is 11.9. The Balaban J connectivity index is 3.09. The van der Waals surface area contributed by atoms with E-state index < -0.39 is 22.6 Å². The van der Waals surface area contributed by atoms with Gasteiger partial charge in [0.2, 0.25) is 0 Å². The molecular weight excluding hydrogens is 235 g/mol. The average Bonchev–Trinajstić information content (AvgIpc) is 2.28. The number of hydrogen-bond donors (Lipinski definition) is 1. The average molecular weight is 245 g/mol. The molecule has 0 heterocycles. The van der Waals surface area contributed by atoms with E-state index in [9.17, 15) is 14.3 Å². The van der Waals surface area contributed by atoms with Crippen molar-refractivity contribution in [3.63, 3.8) is 0 Å². The standard InChI is InChI=1S/C11H10ClFO3/c1-2-16-11(15)9(12)10(14)7-5-3-4-6-8(7)13/h3-6,14H,2H2,1H3/b10-9+. The van der Waals surface area contributed by atoms with Crippen molar-refractivity contribution >= 4 is 23.3 Å². The fourth-order valence-corrected chi connectivity index (χ4v) is 1.22. The predicted molar refractivity (Wildman–Crippen MR) is 58.4 cm³/mol. The van der Waals surface area contributed by atoms with Crippen LogP contribution >= 0.6 is 11.6 Å². The van der Waals surface area contributed by atoms with Gasteiger partial charge in [-0.3, -0.25) is 0 Å². The molecule has 0 amide bonds. The van der Waals surface area contributed by atoms with Crippen LogP contribution < -0.4 is 0 Å². The molecule has 0 unspecified atom stereocenters. The lowest BCUT2D eigenvalue weighted by molar-refractivity contribution is -0.137. The molecule has 0 aliphatic rings. The molecule has 0 aliphatic carbocycles. The third-order valence-electron chi connectivity index (χ3n) is 1.79. The van der Waals surface area contributed by atoms with Crippen molar-refractivity contribution in [3.8, 4) is 0 Å². The molecule has 86 valence electrons. The summed E-state index contributed by atoms with van der Waals surface area (Å²) in [5.41, 5.74) is -0.138. The van der Waals surface area contributed by atoms with E-state index in [0.29, 0.717) is 0 Å². The van der Waals surface area contributed by atoms with E-state index in [0.717, 1.165) is 6.07 Å². The van der Waals surface area contributed by atoms with Gasteiger partial charge in [-0.05, 0) is 19.1 Å². The Morgan fingerprint density at radius 1 is 1.50 bits per heavy atom. The lowest BCUT2D eigenvalue weighted by atomic mass is 10.1. The van der Waals surface area contributed by atoms with Gasteiger partial charge in [0.25, 0.3) is 0 Å². The van der Waals surface area contributed by atoms with E-state index in [1.165, 1.54) is 18.2 Å². The van der Waals surface area contributed by atoms with Crippen LogP contribution in [0.25, 0.3) is 5.76 Å². The zero-order chi connectivity index (χ0) is 12.1. The van der Waals surface area contributed by atoms with Crippen LogP contribution in [0.4, 0.5) is 4.39 Å². The van der Waals surface area contributed by atoms with Gasteiger partial charge >= 0.3 is 5.97 Å². The van der Waals surface area contributed by atoms with Gasteiger partial charge in [0.05, 0.1) is 12.2 Å². The number of ether oxygens (including phenoxy) is 1. The van der Waals surface area contributed by atoms with Crippen LogP contribution in [0.2, 0.25) is 0 Å². The number of rotatable bonds is 3. The number of carbonyl (C=O) groups is 1. The third-order valence-corrected chi connectivity index (χ3v) is 2.12. The molecule has 1 N–H and O–H groups in total. The highest BCUT2D eigenvalue weighted by Gasteiger charge is 2.17. The third kappa shape index (κ3) is 2.73. The number of carbonyl (C=O) groups excluding carboxylic acids is 1. The SMILES string of the molecule is CCOC(=O)/C(Cl)=C(\O)c1ccccc1F. The van der Waals surface area contributed by atoms with Crippen molar-refractivity contribution in [3.05, 3.63) is 40.7 Å². The second-order valence-corrected chi connectivity index (χ2v) is 3.24. The van der Waals surface area contributed by atoms with E-state index in [1.54, 1.807) is 6.92 Å². The minimum atomic E-state index is -0.884. The van der Waals surface area contributed by atoms with Crippen LogP contribution in [0, 0.1) is 5.82 Å². The van der Waals surface area contributed by atoms with Gasteiger partial charge in [0.15, 0.2) is 10.8 Å². The first-order valence-corrected chi connectivity index (χ1v) is 4.96. The maximum atomic E-state index is 13.2. The fraction of sp³-hybridized carbons (Fsp3) is 0.182. The van der Waals surface area contributed by atoms with E-state index in [-0.39, 0.29) is 12.2 Å². The number of aliphatic hydroxyl groups excluding tert-OH is 1. The minimum absolute atomic E-state index is 0.125. The van der Waals surface area contributed by atoms with Crippen LogP contribution in [0.1, 0.15) is 12.5 Å². The maximum Gasteiger partial charge on any atom is 0.353 e. The number of esters is 1. The molecule has 1 aromatic rings. The summed E-state index contributed by atoms with van der Waals surface area (Å²) < 4.78 is 17.8. The highest BCUT2D eigenvalue weighted by atomic mass is 35.5. The molecule has 0 bridgehead atoms. The Morgan fingerprint density at radius 3 is 2.69 bits per heavy atom. The largest absolute Gasteiger partial charge is 0.505 e. The Kier molecular flexibility index (Phi) is 4.31. The highest BCUT2D eigenvalue weighted by molar-refractivity contribution is 6.43. The summed E-state index contributed by atoms with van der Waals surface area (Å²) in [5, 5.41) is 9.04. The van der Waals surface area contributed by atoms with Gasteiger partial charge in [0.1, 0.15) is 5.82 Å². The molecule has 1 rings (SSSR count). The molecular formula is C11H10ClFO3. The van der Waals surface area contributed by atoms with Gasteiger partial charge in [0, 0.05) is 0 Å². The molecule has 0 aliphatic heterocycles. The Hall–Kier alpha value is -1.55. The summed E-state index contributed by atoms with van der Waals surface area (Å²) in [7, 11) is 0. The molecule has 16 heavy (non-hydrogen) atoms. The second kappa shape index (κ2) is 5.51. The van der Waals surface area contributed by atoms with Crippen LogP contribution in [-0.4, -0.2) is 17.7 Å². The highest BCUT2D eigenvalue weighted by Crippen LogP contribution is 2.22. The van der Waals surface area contributed by atoms with Crippen LogP contribution in [0.3, 0.4) is 0 Å². The molecule has 0 spiro atoms. The molecule has 0 saturated heterocycles. The van der Waals surface area contributed by atoms with Crippen molar-refractivity contribution in [2.75, 3.05) is 6.61 Å². The molecule has 5 heteroatoms. The van der Waals surface area contributed by atoms with E-state index in [2.05, 4.69) is 4.74 Å². The summed E-state index contributed by atoms with van der Waals surface area (Å²) >= 11 is 5.56. The molecule has 0 aromatic heterocycles. The lowest BCUT2D eigenvalue weighted by Gasteiger charge is -2.05. The minimum Gasteiger partial charge on any atom is -0.505 e. The first kappa shape index (κ1) is 12.5. The second-order valence-electron chi connectivity index (χ2n) is 2.86. The van der Waals surface area contributed by atoms with Crippen LogP contribution in [0.15, 0.2) is 29.3 Å². The molecule has 0 fully saturated rings. The van der Waals surface area contributed by atoms with Gasteiger partial charge in [-0.1, -0.05) is 23.7 Å². The van der Waals surface area contributed by atoms with Gasteiger partial charge in [-0.15, -0.1) is 0 Å². The van der Waals surface area contributed by atoms with E-state index >= 15 is 0 Å². The Bertz CT molecular complexity index is 429. The zero-order valence-electron chi connectivity index (χ0n) is 8.54. The summed E-state index contributed by atoms with van der Waals surface area (Å²) in [6.07, 6.45) is 0.